The second-order valence-electron chi connectivity index (χ2n) is 5.51. The van der Waals surface area contributed by atoms with E-state index in [0.717, 1.165) is 22.0 Å². The number of carbonyl (C=O) groups is 1. The van der Waals surface area contributed by atoms with E-state index in [0.29, 0.717) is 13.0 Å². The van der Waals surface area contributed by atoms with Crippen LogP contribution in [0.15, 0.2) is 60.8 Å². The van der Waals surface area contributed by atoms with Gasteiger partial charge in [0.05, 0.1) is 7.11 Å². The van der Waals surface area contributed by atoms with Gasteiger partial charge in [0.1, 0.15) is 6.04 Å². The summed E-state index contributed by atoms with van der Waals surface area (Å²) in [5.74, 6) is -0.244. The number of hydrogen-bond donors (Lipinski definition) is 2. The lowest BCUT2D eigenvalue weighted by molar-refractivity contribution is -0.143. The number of para-hydroxylation sites is 1. The van der Waals surface area contributed by atoms with Crippen molar-refractivity contribution in [3.05, 3.63) is 71.9 Å². The summed E-state index contributed by atoms with van der Waals surface area (Å²) in [6, 6.07) is 17.7. The highest BCUT2D eigenvalue weighted by Gasteiger charge is 2.20. The third kappa shape index (κ3) is 3.60. The summed E-state index contributed by atoms with van der Waals surface area (Å²) in [5.41, 5.74) is 3.33. The summed E-state index contributed by atoms with van der Waals surface area (Å²) < 4.78 is 4.95. The predicted molar refractivity (Wildman–Crippen MR) is 91.1 cm³/mol. The molecule has 118 valence electrons. The summed E-state index contributed by atoms with van der Waals surface area (Å²) >= 11 is 0. The number of H-pyrrole nitrogens is 1. The van der Waals surface area contributed by atoms with Crippen LogP contribution in [0.4, 0.5) is 0 Å². The van der Waals surface area contributed by atoms with E-state index in [9.17, 15) is 4.79 Å². The molecule has 4 nitrogen and oxygen atoms in total. The molecule has 0 radical (unpaired) electrons. The first-order valence-corrected chi connectivity index (χ1v) is 7.68. The molecule has 0 fully saturated rings. The highest BCUT2D eigenvalue weighted by atomic mass is 16.5. The Labute approximate surface area is 135 Å². The normalized spacial score (nSPS) is 12.2. The Hall–Kier alpha value is -2.59. The zero-order chi connectivity index (χ0) is 16.1. The molecule has 23 heavy (non-hydrogen) atoms. The zero-order valence-electron chi connectivity index (χ0n) is 13.1. The fraction of sp³-hybridized carbons (Fsp3) is 0.211. The first-order chi connectivity index (χ1) is 11.3. The maximum atomic E-state index is 12.1. The van der Waals surface area contributed by atoms with Gasteiger partial charge in [-0.25, -0.2) is 0 Å². The lowest BCUT2D eigenvalue weighted by Crippen LogP contribution is -2.39. The van der Waals surface area contributed by atoms with Crippen molar-refractivity contribution in [3.8, 4) is 0 Å². The molecular formula is C19H20N2O2. The average Bonchev–Trinajstić information content (AvgIpc) is 3.02. The van der Waals surface area contributed by atoms with Crippen LogP contribution >= 0.6 is 0 Å². The second kappa shape index (κ2) is 7.11. The Bertz CT molecular complexity index is 780. The highest BCUT2D eigenvalue weighted by molar-refractivity contribution is 5.84. The van der Waals surface area contributed by atoms with Gasteiger partial charge < -0.3 is 15.0 Å². The molecule has 1 aromatic heterocycles. The van der Waals surface area contributed by atoms with Crippen LogP contribution in [0.1, 0.15) is 11.1 Å². The molecule has 0 amide bonds. The molecule has 1 heterocycles. The van der Waals surface area contributed by atoms with Crippen molar-refractivity contribution in [1.82, 2.24) is 10.3 Å². The third-order valence-electron chi connectivity index (χ3n) is 3.98. The molecule has 0 aliphatic heterocycles. The van der Waals surface area contributed by atoms with Gasteiger partial charge in [-0.05, 0) is 17.2 Å². The van der Waals surface area contributed by atoms with E-state index in [1.165, 1.54) is 7.11 Å². The van der Waals surface area contributed by atoms with E-state index in [4.69, 9.17) is 4.74 Å². The maximum absolute atomic E-state index is 12.1. The molecule has 4 heteroatoms. The Kier molecular flexibility index (Phi) is 4.74. The molecule has 0 aliphatic rings. The Morgan fingerprint density at radius 2 is 1.87 bits per heavy atom. The monoisotopic (exact) mass is 308 g/mol. The van der Waals surface area contributed by atoms with Gasteiger partial charge in [0, 0.05) is 30.1 Å². The van der Waals surface area contributed by atoms with Crippen molar-refractivity contribution in [2.75, 3.05) is 7.11 Å². The van der Waals surface area contributed by atoms with Gasteiger partial charge >= 0.3 is 5.97 Å². The van der Waals surface area contributed by atoms with Crippen LogP contribution in [-0.2, 0) is 22.5 Å². The van der Waals surface area contributed by atoms with Gasteiger partial charge in [0.15, 0.2) is 0 Å². The fourth-order valence-corrected chi connectivity index (χ4v) is 2.74. The number of methoxy groups -OCH3 is 1. The SMILES string of the molecule is COC(=O)[C@H](Cc1c[nH]c2ccccc12)NCc1ccccc1. The molecule has 3 rings (SSSR count). The quantitative estimate of drug-likeness (QED) is 0.688. The highest BCUT2D eigenvalue weighted by Crippen LogP contribution is 2.19. The van der Waals surface area contributed by atoms with Crippen LogP contribution in [0.3, 0.4) is 0 Å². The van der Waals surface area contributed by atoms with E-state index in [1.807, 2.05) is 54.7 Å². The summed E-state index contributed by atoms with van der Waals surface area (Å²) in [7, 11) is 1.43. The van der Waals surface area contributed by atoms with Gasteiger partial charge in [-0.3, -0.25) is 4.79 Å². The number of ether oxygens (including phenoxy) is 1. The molecular weight excluding hydrogens is 288 g/mol. The largest absolute Gasteiger partial charge is 0.468 e. The molecule has 0 saturated carbocycles. The van der Waals surface area contributed by atoms with Crippen LogP contribution in [-0.4, -0.2) is 24.1 Å². The number of rotatable bonds is 6. The van der Waals surface area contributed by atoms with E-state index in [1.54, 1.807) is 0 Å². The van der Waals surface area contributed by atoms with Crippen LogP contribution < -0.4 is 5.32 Å². The number of hydrogen-bond acceptors (Lipinski definition) is 3. The van der Waals surface area contributed by atoms with Crippen molar-refractivity contribution in [2.45, 2.75) is 19.0 Å². The number of nitrogens with one attached hydrogen (secondary N) is 2. The second-order valence-corrected chi connectivity index (χ2v) is 5.51. The lowest BCUT2D eigenvalue weighted by Gasteiger charge is -2.16. The molecule has 0 unspecified atom stereocenters. The van der Waals surface area contributed by atoms with Crippen LogP contribution in [0, 0.1) is 0 Å². The molecule has 2 aromatic carbocycles. The Balaban J connectivity index is 1.75. The average molecular weight is 308 g/mol. The summed E-state index contributed by atoms with van der Waals surface area (Å²) in [6.45, 7) is 0.628. The number of benzene rings is 2. The Morgan fingerprint density at radius 1 is 1.13 bits per heavy atom. The molecule has 2 N–H and O–H groups in total. The van der Waals surface area contributed by atoms with Gasteiger partial charge in [-0.15, -0.1) is 0 Å². The lowest BCUT2D eigenvalue weighted by atomic mass is 10.0. The van der Waals surface area contributed by atoms with Gasteiger partial charge in [-0.2, -0.15) is 0 Å². The summed E-state index contributed by atoms with van der Waals surface area (Å²) in [5, 5.41) is 4.44. The van der Waals surface area contributed by atoms with Gasteiger partial charge in [-0.1, -0.05) is 48.5 Å². The van der Waals surface area contributed by atoms with Crippen molar-refractivity contribution in [2.24, 2.45) is 0 Å². The predicted octanol–water partition coefficient (Wildman–Crippen LogP) is 3.04. The van der Waals surface area contributed by atoms with Crippen LogP contribution in [0.5, 0.6) is 0 Å². The first kappa shape index (κ1) is 15.3. The van der Waals surface area contributed by atoms with Gasteiger partial charge in [0.2, 0.25) is 0 Å². The zero-order valence-corrected chi connectivity index (χ0v) is 13.1. The summed E-state index contributed by atoms with van der Waals surface area (Å²) in [4.78, 5) is 15.3. The van der Waals surface area contributed by atoms with Crippen molar-refractivity contribution in [1.29, 1.82) is 0 Å². The third-order valence-corrected chi connectivity index (χ3v) is 3.98. The minimum Gasteiger partial charge on any atom is -0.468 e. The minimum absolute atomic E-state index is 0.244. The first-order valence-electron chi connectivity index (χ1n) is 7.68. The minimum atomic E-state index is -0.376. The Morgan fingerprint density at radius 3 is 2.65 bits per heavy atom. The molecule has 0 spiro atoms. The number of carbonyl (C=O) groups excluding carboxylic acids is 1. The van der Waals surface area contributed by atoms with E-state index < -0.39 is 0 Å². The van der Waals surface area contributed by atoms with Crippen molar-refractivity contribution < 1.29 is 9.53 Å². The van der Waals surface area contributed by atoms with Crippen LogP contribution in [0.2, 0.25) is 0 Å². The number of fused-ring (bicyclic) bond motifs is 1. The van der Waals surface area contributed by atoms with Crippen molar-refractivity contribution in [3.63, 3.8) is 0 Å². The standard InChI is InChI=1S/C19H20N2O2/c1-23-19(22)18(20-12-14-7-3-2-4-8-14)11-15-13-21-17-10-6-5-9-16(15)17/h2-10,13,18,20-21H,11-12H2,1H3/t18-/m0/s1. The number of aromatic amines is 1. The van der Waals surface area contributed by atoms with E-state index in [2.05, 4.69) is 16.4 Å². The molecule has 0 bridgehead atoms. The smallest absolute Gasteiger partial charge is 0.323 e. The fourth-order valence-electron chi connectivity index (χ4n) is 2.74. The number of aromatic nitrogens is 1. The topological polar surface area (TPSA) is 54.1 Å². The number of esters is 1. The molecule has 1 atom stereocenters. The van der Waals surface area contributed by atoms with Crippen molar-refractivity contribution >= 4 is 16.9 Å². The molecule has 0 aliphatic carbocycles. The maximum Gasteiger partial charge on any atom is 0.323 e. The molecule has 3 aromatic rings. The van der Waals surface area contributed by atoms with E-state index >= 15 is 0 Å². The summed E-state index contributed by atoms with van der Waals surface area (Å²) in [6.07, 6.45) is 2.55. The molecule has 0 saturated heterocycles. The van der Waals surface area contributed by atoms with Gasteiger partial charge in [0.25, 0.3) is 0 Å². The van der Waals surface area contributed by atoms with Crippen LogP contribution in [0.25, 0.3) is 10.9 Å². The van der Waals surface area contributed by atoms with E-state index in [-0.39, 0.29) is 12.0 Å².